The average molecular weight is 397 g/mol. The number of allylic oxidation sites excluding steroid dienone is 1. The summed E-state index contributed by atoms with van der Waals surface area (Å²) in [5, 5.41) is 0.746. The molecule has 0 bridgehead atoms. The molecule has 0 heterocycles. The van der Waals surface area contributed by atoms with Gasteiger partial charge in [0.15, 0.2) is 5.78 Å². The van der Waals surface area contributed by atoms with Crippen LogP contribution in [0.4, 0.5) is 0 Å². The van der Waals surface area contributed by atoms with E-state index in [1.807, 2.05) is 24.3 Å². The van der Waals surface area contributed by atoms with Gasteiger partial charge in [0, 0.05) is 10.4 Å². The van der Waals surface area contributed by atoms with Crippen molar-refractivity contribution in [3.8, 4) is 0 Å². The summed E-state index contributed by atoms with van der Waals surface area (Å²) in [6.07, 6.45) is 13.8. The van der Waals surface area contributed by atoms with Gasteiger partial charge in [0.05, 0.1) is 0 Å². The predicted octanol–water partition coefficient (Wildman–Crippen LogP) is 7.34. The number of halogens is 1. The number of carbonyl (C=O) groups is 1. The Labute approximate surface area is 174 Å². The van der Waals surface area contributed by atoms with Crippen molar-refractivity contribution in [1.29, 1.82) is 0 Å². The normalized spacial score (nSPS) is 44.1. The number of hydrogen-bond donors (Lipinski definition) is 0. The molecule has 0 aliphatic heterocycles. The van der Waals surface area contributed by atoms with Crippen molar-refractivity contribution in [3.05, 3.63) is 40.4 Å². The summed E-state index contributed by atoms with van der Waals surface area (Å²) in [4.78, 5) is 13.5. The molecule has 0 amide bonds. The van der Waals surface area contributed by atoms with Gasteiger partial charge in [-0.2, -0.15) is 0 Å². The number of ketones is 1. The first-order valence-corrected chi connectivity index (χ1v) is 11.8. The predicted molar refractivity (Wildman–Crippen MR) is 116 cm³/mol. The lowest BCUT2D eigenvalue weighted by Gasteiger charge is -2.59. The van der Waals surface area contributed by atoms with E-state index >= 15 is 0 Å². The first-order valence-electron chi connectivity index (χ1n) is 11.4. The fourth-order valence-corrected chi connectivity index (χ4v) is 8.06. The molecular formula is C26H33ClO. The van der Waals surface area contributed by atoms with Crippen LogP contribution in [0.15, 0.2) is 29.8 Å². The first-order chi connectivity index (χ1) is 13.4. The van der Waals surface area contributed by atoms with E-state index in [9.17, 15) is 4.79 Å². The minimum Gasteiger partial charge on any atom is -0.294 e. The quantitative estimate of drug-likeness (QED) is 0.454. The SMILES string of the molecule is CC12CCC3C(CC[C@@H]4CCCCC34C)C1C/C(=C\c1ccccc1Cl)C2=O. The van der Waals surface area contributed by atoms with E-state index in [1.165, 1.54) is 44.9 Å². The lowest BCUT2D eigenvalue weighted by molar-refractivity contribution is -0.137. The van der Waals surface area contributed by atoms with Crippen LogP contribution >= 0.6 is 11.6 Å². The van der Waals surface area contributed by atoms with Gasteiger partial charge in [0.2, 0.25) is 0 Å². The highest BCUT2D eigenvalue weighted by Gasteiger charge is 2.60. The largest absolute Gasteiger partial charge is 0.294 e. The Balaban J connectivity index is 1.48. The molecule has 6 atom stereocenters. The zero-order valence-corrected chi connectivity index (χ0v) is 18.1. The summed E-state index contributed by atoms with van der Waals surface area (Å²) in [5.74, 6) is 3.44. The molecule has 0 saturated heterocycles. The molecule has 5 unspecified atom stereocenters. The summed E-state index contributed by atoms with van der Waals surface area (Å²) < 4.78 is 0. The van der Waals surface area contributed by atoms with Crippen LogP contribution < -0.4 is 0 Å². The van der Waals surface area contributed by atoms with Crippen molar-refractivity contribution in [3.63, 3.8) is 0 Å². The van der Waals surface area contributed by atoms with Gasteiger partial charge < -0.3 is 0 Å². The standard InChI is InChI=1S/C26H33ClO/c1-25-13-6-5-8-19(25)10-11-20-21(25)12-14-26(2)22(20)16-18(24(26)28)15-17-7-3-4-9-23(17)27/h3-4,7,9,15,19-22H,5-6,8,10-14,16H2,1-2H3/b18-15+/t19-,20?,21?,22?,25?,26?/m0/s1. The number of fused-ring (bicyclic) bond motifs is 5. The van der Waals surface area contributed by atoms with Crippen LogP contribution in [0.1, 0.15) is 77.2 Å². The van der Waals surface area contributed by atoms with Crippen LogP contribution in [0.5, 0.6) is 0 Å². The Morgan fingerprint density at radius 1 is 1.00 bits per heavy atom. The van der Waals surface area contributed by atoms with E-state index in [2.05, 4.69) is 19.9 Å². The van der Waals surface area contributed by atoms with E-state index < -0.39 is 0 Å². The Hall–Kier alpha value is -1.08. The van der Waals surface area contributed by atoms with Crippen LogP contribution in [-0.4, -0.2) is 5.78 Å². The molecule has 150 valence electrons. The van der Waals surface area contributed by atoms with E-state index in [0.29, 0.717) is 17.1 Å². The Morgan fingerprint density at radius 2 is 1.82 bits per heavy atom. The van der Waals surface area contributed by atoms with Crippen LogP contribution in [0.2, 0.25) is 5.02 Å². The van der Waals surface area contributed by atoms with E-state index in [1.54, 1.807) is 0 Å². The lowest BCUT2D eigenvalue weighted by Crippen LogP contribution is -2.52. The smallest absolute Gasteiger partial charge is 0.165 e. The molecule has 1 nitrogen and oxygen atoms in total. The average Bonchev–Trinajstić information content (AvgIpc) is 2.94. The number of benzene rings is 1. The van der Waals surface area contributed by atoms with Gasteiger partial charge in [-0.3, -0.25) is 4.79 Å². The van der Waals surface area contributed by atoms with Gasteiger partial charge in [-0.05, 0) is 97.3 Å². The third-order valence-corrected chi connectivity index (χ3v) is 9.80. The molecule has 4 fully saturated rings. The van der Waals surface area contributed by atoms with Crippen molar-refractivity contribution >= 4 is 23.5 Å². The Bertz CT molecular complexity index is 825. The van der Waals surface area contributed by atoms with E-state index in [-0.39, 0.29) is 5.41 Å². The fourth-order valence-electron chi connectivity index (χ4n) is 7.87. The first kappa shape index (κ1) is 18.9. The van der Waals surface area contributed by atoms with Gasteiger partial charge >= 0.3 is 0 Å². The third kappa shape index (κ3) is 2.68. The minimum absolute atomic E-state index is 0.147. The monoisotopic (exact) mass is 396 g/mol. The van der Waals surface area contributed by atoms with Crippen molar-refractivity contribution in [1.82, 2.24) is 0 Å². The van der Waals surface area contributed by atoms with Crippen LogP contribution in [0.3, 0.4) is 0 Å². The number of rotatable bonds is 1. The van der Waals surface area contributed by atoms with Gasteiger partial charge in [0.25, 0.3) is 0 Å². The highest BCUT2D eigenvalue weighted by molar-refractivity contribution is 6.32. The summed E-state index contributed by atoms with van der Waals surface area (Å²) in [6, 6.07) is 7.91. The van der Waals surface area contributed by atoms with Crippen LogP contribution in [0.25, 0.3) is 6.08 Å². The second-order valence-electron chi connectivity index (χ2n) is 10.6. The topological polar surface area (TPSA) is 17.1 Å². The summed E-state index contributed by atoms with van der Waals surface area (Å²) in [7, 11) is 0. The molecule has 5 rings (SSSR count). The molecule has 4 aliphatic carbocycles. The summed E-state index contributed by atoms with van der Waals surface area (Å²) in [6.45, 7) is 4.88. The lowest BCUT2D eigenvalue weighted by atomic mass is 9.45. The van der Waals surface area contributed by atoms with Crippen molar-refractivity contribution in [2.45, 2.75) is 71.6 Å². The van der Waals surface area contributed by atoms with Crippen LogP contribution in [-0.2, 0) is 4.79 Å². The van der Waals surface area contributed by atoms with Crippen molar-refractivity contribution in [2.24, 2.45) is 34.5 Å². The Morgan fingerprint density at radius 3 is 2.64 bits per heavy atom. The van der Waals surface area contributed by atoms with Gasteiger partial charge in [-0.15, -0.1) is 0 Å². The highest BCUT2D eigenvalue weighted by atomic mass is 35.5. The number of hydrogen-bond acceptors (Lipinski definition) is 1. The zero-order chi connectivity index (χ0) is 19.5. The van der Waals surface area contributed by atoms with Gasteiger partial charge in [-0.25, -0.2) is 0 Å². The minimum atomic E-state index is -0.147. The van der Waals surface area contributed by atoms with E-state index in [4.69, 9.17) is 11.6 Å². The Kier molecular flexibility index (Phi) is 4.54. The second-order valence-corrected chi connectivity index (χ2v) is 11.0. The summed E-state index contributed by atoms with van der Waals surface area (Å²) >= 11 is 6.39. The number of Topliss-reactive ketones (excluding diaryl/α,β-unsaturated/α-hetero) is 1. The molecule has 0 radical (unpaired) electrons. The second kappa shape index (κ2) is 6.73. The third-order valence-electron chi connectivity index (χ3n) is 9.46. The molecule has 4 saturated carbocycles. The molecule has 0 spiro atoms. The maximum atomic E-state index is 13.5. The molecule has 0 N–H and O–H groups in total. The molecular weight excluding hydrogens is 364 g/mol. The maximum Gasteiger partial charge on any atom is 0.165 e. The summed E-state index contributed by atoms with van der Waals surface area (Å²) in [5.41, 5.74) is 2.40. The highest BCUT2D eigenvalue weighted by Crippen LogP contribution is 2.66. The van der Waals surface area contributed by atoms with E-state index in [0.717, 1.165) is 46.8 Å². The maximum absolute atomic E-state index is 13.5. The van der Waals surface area contributed by atoms with Crippen LogP contribution in [0, 0.1) is 34.5 Å². The molecule has 4 aliphatic rings. The van der Waals surface area contributed by atoms with Gasteiger partial charge in [0.1, 0.15) is 0 Å². The van der Waals surface area contributed by atoms with Crippen molar-refractivity contribution < 1.29 is 4.79 Å². The molecule has 1 aromatic carbocycles. The molecule has 2 heteroatoms. The molecule has 1 aromatic rings. The number of carbonyl (C=O) groups excluding carboxylic acids is 1. The van der Waals surface area contributed by atoms with Crippen molar-refractivity contribution in [2.75, 3.05) is 0 Å². The molecule has 0 aromatic heterocycles. The fraction of sp³-hybridized carbons (Fsp3) is 0.654. The molecule has 28 heavy (non-hydrogen) atoms. The van der Waals surface area contributed by atoms with Gasteiger partial charge in [-0.1, -0.05) is 56.5 Å². The zero-order valence-electron chi connectivity index (χ0n) is 17.3.